The number of methoxy groups -OCH3 is 2. The largest absolute Gasteiger partial charge is 0.496 e. The molecule has 2 N–H and O–H groups in total. The van der Waals surface area contributed by atoms with Crippen molar-refractivity contribution in [2.75, 3.05) is 26.1 Å². The number of benzene rings is 2. The minimum Gasteiger partial charge on any atom is -0.496 e. The first-order valence-corrected chi connectivity index (χ1v) is 9.86. The monoisotopic (exact) mass is 397 g/mol. The zero-order valence-corrected chi connectivity index (χ0v) is 18.2. The van der Waals surface area contributed by atoms with Crippen LogP contribution in [0.3, 0.4) is 0 Å². The van der Waals surface area contributed by atoms with Gasteiger partial charge in [0, 0.05) is 40.1 Å². The summed E-state index contributed by atoms with van der Waals surface area (Å²) >= 11 is 0. The molecule has 5 nitrogen and oxygen atoms in total. The van der Waals surface area contributed by atoms with E-state index in [1.54, 1.807) is 27.2 Å². The van der Waals surface area contributed by atoms with Gasteiger partial charge in [-0.05, 0) is 51.0 Å². The zero-order valence-electron chi connectivity index (χ0n) is 18.2. The lowest BCUT2D eigenvalue weighted by molar-refractivity contribution is -0.132. The Morgan fingerprint density at radius 1 is 1.07 bits per heavy atom. The van der Waals surface area contributed by atoms with Crippen LogP contribution in [-0.4, -0.2) is 31.8 Å². The fourth-order valence-electron chi connectivity index (χ4n) is 3.45. The summed E-state index contributed by atoms with van der Waals surface area (Å²) in [5.74, 6) is 0.418. The molecule has 0 saturated heterocycles. The molecule has 0 bridgehead atoms. The molecular weight excluding hydrogens is 366 g/mol. The highest BCUT2D eigenvalue weighted by atomic mass is 16.5. The number of unbranched alkanes of at least 4 members (excludes halogenated alkanes) is 1. The Hall–Kier alpha value is -2.95. The van der Waals surface area contributed by atoms with E-state index in [-0.39, 0.29) is 5.57 Å². The van der Waals surface area contributed by atoms with E-state index in [0.29, 0.717) is 5.75 Å². The molecule has 0 heterocycles. The summed E-state index contributed by atoms with van der Waals surface area (Å²) in [6.45, 7) is 8.59. The molecule has 0 spiro atoms. The number of hydrogen-bond acceptors (Lipinski definition) is 4. The highest BCUT2D eigenvalue weighted by Gasteiger charge is 2.21. The maximum Gasteiger partial charge on any atom is 0.331 e. The Bertz CT molecular complexity index is 898. The molecule has 0 atom stereocenters. The molecule has 0 amide bonds. The van der Waals surface area contributed by atoms with Crippen molar-refractivity contribution in [3.05, 3.63) is 46.5 Å². The van der Waals surface area contributed by atoms with E-state index in [9.17, 15) is 9.90 Å². The van der Waals surface area contributed by atoms with Gasteiger partial charge in [0.15, 0.2) is 0 Å². The summed E-state index contributed by atoms with van der Waals surface area (Å²) in [6, 6.07) is 8.26. The fourth-order valence-corrected chi connectivity index (χ4v) is 3.45. The van der Waals surface area contributed by atoms with Gasteiger partial charge >= 0.3 is 5.97 Å². The van der Waals surface area contributed by atoms with Crippen LogP contribution in [-0.2, 0) is 4.79 Å². The molecule has 0 aliphatic rings. The number of anilines is 1. The quantitative estimate of drug-likeness (QED) is 0.420. The van der Waals surface area contributed by atoms with E-state index < -0.39 is 5.97 Å². The Balaban J connectivity index is 2.60. The van der Waals surface area contributed by atoms with Crippen molar-refractivity contribution in [2.45, 2.75) is 40.5 Å². The third kappa shape index (κ3) is 4.91. The molecule has 0 saturated carbocycles. The van der Waals surface area contributed by atoms with E-state index in [1.165, 1.54) is 0 Å². The van der Waals surface area contributed by atoms with Crippen molar-refractivity contribution in [3.8, 4) is 22.6 Å². The minimum absolute atomic E-state index is 0.239. The first kappa shape index (κ1) is 22.3. The van der Waals surface area contributed by atoms with Gasteiger partial charge in [0.1, 0.15) is 11.5 Å². The van der Waals surface area contributed by atoms with Gasteiger partial charge in [-0.3, -0.25) is 0 Å². The molecule has 29 heavy (non-hydrogen) atoms. The molecule has 2 aromatic carbocycles. The predicted molar refractivity (Wildman–Crippen MR) is 119 cm³/mol. The molecule has 2 rings (SSSR count). The molecule has 0 aliphatic carbocycles. The van der Waals surface area contributed by atoms with Gasteiger partial charge in [-0.15, -0.1) is 0 Å². The van der Waals surface area contributed by atoms with Crippen LogP contribution in [0.1, 0.15) is 43.4 Å². The number of nitrogens with one attached hydrogen (secondary N) is 1. The average Bonchev–Trinajstić information content (AvgIpc) is 2.71. The molecule has 5 heteroatoms. The first-order chi connectivity index (χ1) is 13.8. The van der Waals surface area contributed by atoms with Gasteiger partial charge in [-0.1, -0.05) is 25.5 Å². The van der Waals surface area contributed by atoms with Crippen LogP contribution in [0.25, 0.3) is 17.2 Å². The van der Waals surface area contributed by atoms with Crippen LogP contribution in [0.2, 0.25) is 0 Å². The lowest BCUT2D eigenvalue weighted by Crippen LogP contribution is -2.04. The molecular formula is C24H31NO4. The first-order valence-electron chi connectivity index (χ1n) is 9.86. The average molecular weight is 398 g/mol. The normalized spacial score (nSPS) is 11.3. The lowest BCUT2D eigenvalue weighted by Gasteiger charge is -2.21. The smallest absolute Gasteiger partial charge is 0.331 e. The van der Waals surface area contributed by atoms with E-state index in [2.05, 4.69) is 36.5 Å². The van der Waals surface area contributed by atoms with E-state index in [0.717, 1.165) is 58.6 Å². The molecule has 0 aliphatic heterocycles. The van der Waals surface area contributed by atoms with E-state index in [4.69, 9.17) is 9.47 Å². The summed E-state index contributed by atoms with van der Waals surface area (Å²) in [6.07, 6.45) is 3.93. The Kier molecular flexibility index (Phi) is 7.71. The Labute approximate surface area is 173 Å². The van der Waals surface area contributed by atoms with Gasteiger partial charge in [0.25, 0.3) is 0 Å². The highest BCUT2D eigenvalue weighted by Crippen LogP contribution is 2.44. The highest BCUT2D eigenvalue weighted by molar-refractivity contribution is 5.93. The zero-order chi connectivity index (χ0) is 21.6. The number of carbonyl (C=O) groups is 1. The van der Waals surface area contributed by atoms with Crippen LogP contribution in [0.5, 0.6) is 11.5 Å². The van der Waals surface area contributed by atoms with Crippen molar-refractivity contribution in [3.63, 3.8) is 0 Å². The lowest BCUT2D eigenvalue weighted by atomic mass is 9.91. The predicted octanol–water partition coefficient (Wildman–Crippen LogP) is 5.69. The maximum absolute atomic E-state index is 11.3. The molecule has 2 aromatic rings. The van der Waals surface area contributed by atoms with Crippen molar-refractivity contribution in [2.24, 2.45) is 0 Å². The SMILES string of the molecule is CCCCNc1ccc(-c2c(C)c(OC)c(/C=C(\C)C(=O)O)c(C)c2OC)cc1. The van der Waals surface area contributed by atoms with E-state index in [1.807, 2.05) is 13.8 Å². The summed E-state index contributed by atoms with van der Waals surface area (Å²) < 4.78 is 11.4. The second kappa shape index (κ2) is 10.0. The van der Waals surface area contributed by atoms with Gasteiger partial charge in [0.2, 0.25) is 0 Å². The van der Waals surface area contributed by atoms with Crippen LogP contribution in [0.15, 0.2) is 29.8 Å². The maximum atomic E-state index is 11.3. The third-order valence-electron chi connectivity index (χ3n) is 5.07. The van der Waals surface area contributed by atoms with Gasteiger partial charge in [0.05, 0.1) is 14.2 Å². The molecule has 156 valence electrons. The molecule has 0 fully saturated rings. The Morgan fingerprint density at radius 3 is 2.21 bits per heavy atom. The number of hydrogen-bond donors (Lipinski definition) is 2. The Morgan fingerprint density at radius 2 is 1.69 bits per heavy atom. The summed E-state index contributed by atoms with van der Waals surface area (Å²) in [4.78, 5) is 11.3. The number of carboxylic acid groups (broad SMARTS) is 1. The molecule has 0 radical (unpaired) electrons. The number of aliphatic carboxylic acids is 1. The van der Waals surface area contributed by atoms with Crippen molar-refractivity contribution >= 4 is 17.7 Å². The van der Waals surface area contributed by atoms with Gasteiger partial charge in [-0.2, -0.15) is 0 Å². The van der Waals surface area contributed by atoms with Gasteiger partial charge in [-0.25, -0.2) is 4.79 Å². The van der Waals surface area contributed by atoms with Crippen LogP contribution in [0.4, 0.5) is 5.69 Å². The second-order valence-electron chi connectivity index (χ2n) is 7.10. The number of ether oxygens (including phenoxy) is 2. The summed E-state index contributed by atoms with van der Waals surface area (Å²) in [5, 5.41) is 12.7. The topological polar surface area (TPSA) is 67.8 Å². The van der Waals surface area contributed by atoms with Crippen LogP contribution < -0.4 is 14.8 Å². The molecule has 0 aromatic heterocycles. The molecule has 0 unspecified atom stereocenters. The van der Waals surface area contributed by atoms with Crippen LogP contribution in [0, 0.1) is 13.8 Å². The van der Waals surface area contributed by atoms with Crippen LogP contribution >= 0.6 is 0 Å². The standard InChI is InChI=1S/C24H31NO4/c1-7-8-13-25-19-11-9-18(10-12-19)21-17(4)22(28-5)20(14-15(2)24(26)27)16(3)23(21)29-6/h9-12,14,25H,7-8,13H2,1-6H3,(H,26,27)/b15-14+. The van der Waals surface area contributed by atoms with E-state index >= 15 is 0 Å². The number of carboxylic acids is 1. The van der Waals surface area contributed by atoms with Crippen molar-refractivity contribution < 1.29 is 19.4 Å². The van der Waals surface area contributed by atoms with Crippen molar-refractivity contribution in [1.29, 1.82) is 0 Å². The summed E-state index contributed by atoms with van der Waals surface area (Å²) in [5.41, 5.74) is 5.77. The van der Waals surface area contributed by atoms with Gasteiger partial charge < -0.3 is 19.9 Å². The second-order valence-corrected chi connectivity index (χ2v) is 7.10. The number of rotatable bonds is 9. The third-order valence-corrected chi connectivity index (χ3v) is 5.07. The fraction of sp³-hybridized carbons (Fsp3) is 0.375. The minimum atomic E-state index is -0.960. The van der Waals surface area contributed by atoms with Crippen molar-refractivity contribution in [1.82, 2.24) is 0 Å². The summed E-state index contributed by atoms with van der Waals surface area (Å²) in [7, 11) is 3.24.